The van der Waals surface area contributed by atoms with Crippen LogP contribution in [0.25, 0.3) is 5.69 Å². The molecule has 0 amide bonds. The fraction of sp³-hybridized carbons (Fsp3) is 0.0833. The topological polar surface area (TPSA) is 72.2 Å². The zero-order chi connectivity index (χ0) is 13.3. The van der Waals surface area contributed by atoms with Gasteiger partial charge in [-0.15, -0.1) is 0 Å². The Balaban J connectivity index is 2.65. The fourth-order valence-corrected chi connectivity index (χ4v) is 1.89. The zero-order valence-corrected chi connectivity index (χ0v) is 11.0. The lowest BCUT2D eigenvalue weighted by molar-refractivity contribution is 0.0687. The number of carbonyl (C=O) groups is 1. The Hall–Kier alpha value is -1.95. The lowest BCUT2D eigenvalue weighted by Crippen LogP contribution is -2.20. The summed E-state index contributed by atoms with van der Waals surface area (Å²) in [6, 6.07) is 6.67. The molecule has 6 heteroatoms. The summed E-state index contributed by atoms with van der Waals surface area (Å²) < 4.78 is 2.27. The number of halogens is 1. The number of nitrogens with zero attached hydrogens (tertiary/aromatic N) is 2. The van der Waals surface area contributed by atoms with Gasteiger partial charge in [-0.1, -0.05) is 22.0 Å². The van der Waals surface area contributed by atoms with Crippen molar-refractivity contribution in [2.24, 2.45) is 0 Å². The molecule has 5 nitrogen and oxygen atoms in total. The second kappa shape index (κ2) is 4.73. The van der Waals surface area contributed by atoms with Crippen LogP contribution in [0.1, 0.15) is 16.1 Å². The van der Waals surface area contributed by atoms with E-state index in [1.54, 1.807) is 6.07 Å². The molecule has 0 unspecified atom stereocenters. The van der Waals surface area contributed by atoms with Crippen LogP contribution in [0.5, 0.6) is 0 Å². The predicted octanol–water partition coefficient (Wildman–Crippen LogP) is 2.00. The first-order valence-electron chi connectivity index (χ1n) is 5.09. The number of benzene rings is 1. The molecule has 1 heterocycles. The highest BCUT2D eigenvalue weighted by Gasteiger charge is 2.12. The number of rotatable bonds is 2. The average Bonchev–Trinajstić information content (AvgIpc) is 2.33. The molecule has 18 heavy (non-hydrogen) atoms. The minimum Gasteiger partial charge on any atom is -0.476 e. The lowest BCUT2D eigenvalue weighted by atomic mass is 10.2. The summed E-state index contributed by atoms with van der Waals surface area (Å²) in [7, 11) is 0. The Morgan fingerprint density at radius 1 is 1.39 bits per heavy atom. The van der Waals surface area contributed by atoms with Gasteiger partial charge in [-0.25, -0.2) is 9.48 Å². The monoisotopic (exact) mass is 308 g/mol. The van der Waals surface area contributed by atoms with E-state index < -0.39 is 17.1 Å². The van der Waals surface area contributed by atoms with E-state index in [1.807, 2.05) is 19.1 Å². The number of aromatic nitrogens is 2. The van der Waals surface area contributed by atoms with Crippen LogP contribution in [-0.4, -0.2) is 20.9 Å². The summed E-state index contributed by atoms with van der Waals surface area (Å²) in [4.78, 5) is 22.2. The molecule has 0 radical (unpaired) electrons. The first-order valence-corrected chi connectivity index (χ1v) is 5.89. The van der Waals surface area contributed by atoms with Crippen molar-refractivity contribution in [2.45, 2.75) is 6.92 Å². The van der Waals surface area contributed by atoms with E-state index >= 15 is 0 Å². The van der Waals surface area contributed by atoms with Crippen molar-refractivity contribution in [3.63, 3.8) is 0 Å². The highest BCUT2D eigenvalue weighted by Crippen LogP contribution is 2.21. The van der Waals surface area contributed by atoms with E-state index in [1.165, 1.54) is 16.9 Å². The van der Waals surface area contributed by atoms with Gasteiger partial charge in [0, 0.05) is 16.7 Å². The van der Waals surface area contributed by atoms with Gasteiger partial charge >= 0.3 is 5.97 Å². The maximum Gasteiger partial charge on any atom is 0.360 e. The van der Waals surface area contributed by atoms with Crippen molar-refractivity contribution < 1.29 is 9.90 Å². The third-order valence-electron chi connectivity index (χ3n) is 2.50. The average molecular weight is 309 g/mol. The molecule has 1 aromatic carbocycles. The van der Waals surface area contributed by atoms with Gasteiger partial charge in [-0.3, -0.25) is 4.79 Å². The summed E-state index contributed by atoms with van der Waals surface area (Å²) in [6.07, 6.45) is 1.45. The molecule has 0 aliphatic rings. The van der Waals surface area contributed by atoms with Crippen LogP contribution in [-0.2, 0) is 0 Å². The molecular weight excluding hydrogens is 300 g/mol. The Kier molecular flexibility index (Phi) is 3.29. The van der Waals surface area contributed by atoms with Gasteiger partial charge in [0.2, 0.25) is 11.1 Å². The summed E-state index contributed by atoms with van der Waals surface area (Å²) in [5.74, 6) is -1.33. The van der Waals surface area contributed by atoms with Gasteiger partial charge in [0.05, 0.1) is 5.69 Å². The maximum atomic E-state index is 11.3. The van der Waals surface area contributed by atoms with Crippen LogP contribution >= 0.6 is 15.9 Å². The fourth-order valence-electron chi connectivity index (χ4n) is 1.53. The Morgan fingerprint density at radius 3 is 2.78 bits per heavy atom. The summed E-state index contributed by atoms with van der Waals surface area (Å²) in [5.41, 5.74) is 0.528. The number of carboxylic acid groups (broad SMARTS) is 1. The first-order chi connectivity index (χ1) is 8.50. The standard InChI is InChI=1S/C12H9BrN2O3/c1-7-8(13)3-2-4-9(7)15-6-5-10(16)11(14-15)12(17)18/h2-6H,1H3,(H,17,18). The molecule has 0 aliphatic heterocycles. The molecule has 1 aromatic heterocycles. The van der Waals surface area contributed by atoms with Gasteiger partial charge in [0.25, 0.3) is 0 Å². The maximum absolute atomic E-state index is 11.3. The van der Waals surface area contributed by atoms with Crippen molar-refractivity contribution in [2.75, 3.05) is 0 Å². The van der Waals surface area contributed by atoms with Gasteiger partial charge in [0.1, 0.15) is 0 Å². The third-order valence-corrected chi connectivity index (χ3v) is 3.36. The minimum absolute atomic E-state index is 0.489. The number of hydrogen-bond donors (Lipinski definition) is 1. The van der Waals surface area contributed by atoms with E-state index in [2.05, 4.69) is 21.0 Å². The molecule has 0 atom stereocenters. The molecule has 0 bridgehead atoms. The van der Waals surface area contributed by atoms with Crippen LogP contribution < -0.4 is 5.43 Å². The molecule has 0 saturated carbocycles. The van der Waals surface area contributed by atoms with Crippen LogP contribution in [0.3, 0.4) is 0 Å². The highest BCUT2D eigenvalue weighted by molar-refractivity contribution is 9.10. The molecule has 1 N–H and O–H groups in total. The molecular formula is C12H9BrN2O3. The Labute approximate surface area is 111 Å². The smallest absolute Gasteiger partial charge is 0.360 e. The Bertz CT molecular complexity index is 679. The van der Waals surface area contributed by atoms with Crippen LogP contribution in [0.15, 0.2) is 39.7 Å². The summed E-state index contributed by atoms with van der Waals surface area (Å²) >= 11 is 3.39. The summed E-state index contributed by atoms with van der Waals surface area (Å²) in [6.45, 7) is 1.87. The predicted molar refractivity (Wildman–Crippen MR) is 69.2 cm³/mol. The van der Waals surface area contributed by atoms with Crippen molar-refractivity contribution >= 4 is 21.9 Å². The molecule has 0 saturated heterocycles. The summed E-state index contributed by atoms with van der Waals surface area (Å²) in [5, 5.41) is 12.7. The largest absolute Gasteiger partial charge is 0.476 e. The second-order valence-corrected chi connectivity index (χ2v) is 4.52. The lowest BCUT2D eigenvalue weighted by Gasteiger charge is -2.10. The van der Waals surface area contributed by atoms with E-state index in [4.69, 9.17) is 5.11 Å². The third kappa shape index (κ3) is 2.19. The highest BCUT2D eigenvalue weighted by atomic mass is 79.9. The van der Waals surface area contributed by atoms with Gasteiger partial charge in [-0.05, 0) is 24.6 Å². The molecule has 2 rings (SSSR count). The van der Waals surface area contributed by atoms with Crippen molar-refractivity contribution in [1.82, 2.24) is 9.78 Å². The molecule has 92 valence electrons. The molecule has 0 fully saturated rings. The van der Waals surface area contributed by atoms with E-state index in [0.29, 0.717) is 5.69 Å². The van der Waals surface area contributed by atoms with Crippen molar-refractivity contribution in [3.8, 4) is 5.69 Å². The van der Waals surface area contributed by atoms with Crippen LogP contribution in [0.2, 0.25) is 0 Å². The van der Waals surface area contributed by atoms with Gasteiger partial charge in [-0.2, -0.15) is 5.10 Å². The number of hydrogen-bond acceptors (Lipinski definition) is 3. The van der Waals surface area contributed by atoms with E-state index in [0.717, 1.165) is 10.0 Å². The van der Waals surface area contributed by atoms with Crippen molar-refractivity contribution in [3.05, 3.63) is 56.4 Å². The van der Waals surface area contributed by atoms with Crippen LogP contribution in [0, 0.1) is 6.92 Å². The quantitative estimate of drug-likeness (QED) is 0.921. The van der Waals surface area contributed by atoms with E-state index in [-0.39, 0.29) is 0 Å². The van der Waals surface area contributed by atoms with Crippen LogP contribution in [0.4, 0.5) is 0 Å². The molecule has 0 aliphatic carbocycles. The Morgan fingerprint density at radius 2 is 2.11 bits per heavy atom. The molecule has 0 spiro atoms. The first kappa shape index (κ1) is 12.5. The normalized spacial score (nSPS) is 10.3. The second-order valence-electron chi connectivity index (χ2n) is 3.66. The van der Waals surface area contributed by atoms with Gasteiger partial charge < -0.3 is 5.11 Å². The zero-order valence-electron chi connectivity index (χ0n) is 9.42. The van der Waals surface area contributed by atoms with Gasteiger partial charge in [0.15, 0.2) is 0 Å². The number of carboxylic acids is 1. The van der Waals surface area contributed by atoms with Crippen molar-refractivity contribution in [1.29, 1.82) is 0 Å². The minimum atomic E-state index is -1.33. The SMILES string of the molecule is Cc1c(Br)cccc1-n1ccc(=O)c(C(=O)O)n1. The molecule has 2 aromatic rings. The van der Waals surface area contributed by atoms with E-state index in [9.17, 15) is 9.59 Å². The number of aromatic carboxylic acids is 1.